The van der Waals surface area contributed by atoms with Crippen LogP contribution in [0.4, 0.5) is 10.6 Å². The maximum Gasteiger partial charge on any atom is 0.320 e. The fourth-order valence-electron chi connectivity index (χ4n) is 1.98. The second-order valence-electron chi connectivity index (χ2n) is 5.00. The van der Waals surface area contributed by atoms with Gasteiger partial charge in [0.1, 0.15) is 11.6 Å². The lowest BCUT2D eigenvalue weighted by atomic mass is 10.2. The Balaban J connectivity index is 1.92. The van der Waals surface area contributed by atoms with Crippen molar-refractivity contribution in [3.05, 3.63) is 48.0 Å². The van der Waals surface area contributed by atoms with Gasteiger partial charge in [-0.15, -0.1) is 0 Å². The number of amides is 2. The zero-order valence-corrected chi connectivity index (χ0v) is 12.5. The number of carbonyl (C=O) groups is 1. The standard InChI is InChI=1S/C15H20N4O2/c1-11-6-4-8-16-14(11)18-15(20)17-10-12(19(2)3)13-7-5-9-21-13/h4-9,12H,10H2,1-3H3,(H2,16,17,18,20). The van der Waals surface area contributed by atoms with Crippen molar-refractivity contribution >= 4 is 11.8 Å². The minimum atomic E-state index is -0.282. The molecule has 0 bridgehead atoms. The Morgan fingerprint density at radius 1 is 1.38 bits per heavy atom. The van der Waals surface area contributed by atoms with E-state index >= 15 is 0 Å². The van der Waals surface area contributed by atoms with E-state index in [1.807, 2.05) is 50.2 Å². The van der Waals surface area contributed by atoms with Gasteiger partial charge in [0.05, 0.1) is 12.3 Å². The average Bonchev–Trinajstić information content (AvgIpc) is 2.95. The summed E-state index contributed by atoms with van der Waals surface area (Å²) in [5.74, 6) is 1.38. The van der Waals surface area contributed by atoms with Crippen LogP contribution in [-0.4, -0.2) is 36.6 Å². The van der Waals surface area contributed by atoms with Crippen molar-refractivity contribution in [3.8, 4) is 0 Å². The molecule has 21 heavy (non-hydrogen) atoms. The first-order chi connectivity index (χ1) is 10.1. The van der Waals surface area contributed by atoms with Crippen LogP contribution in [0.3, 0.4) is 0 Å². The Kier molecular flexibility index (Phi) is 4.94. The van der Waals surface area contributed by atoms with Crippen molar-refractivity contribution in [1.29, 1.82) is 0 Å². The maximum absolute atomic E-state index is 11.9. The normalized spacial score (nSPS) is 12.2. The summed E-state index contributed by atoms with van der Waals surface area (Å²) in [6.07, 6.45) is 3.28. The van der Waals surface area contributed by atoms with E-state index in [0.717, 1.165) is 11.3 Å². The van der Waals surface area contributed by atoms with Crippen molar-refractivity contribution in [3.63, 3.8) is 0 Å². The van der Waals surface area contributed by atoms with E-state index in [-0.39, 0.29) is 12.1 Å². The van der Waals surface area contributed by atoms with Gasteiger partial charge in [0.25, 0.3) is 0 Å². The summed E-state index contributed by atoms with van der Waals surface area (Å²) in [5.41, 5.74) is 0.919. The molecular formula is C15H20N4O2. The molecule has 2 rings (SSSR count). The van der Waals surface area contributed by atoms with Crippen LogP contribution in [0, 0.1) is 6.92 Å². The maximum atomic E-state index is 11.9. The number of carbonyl (C=O) groups excluding carboxylic acids is 1. The highest BCUT2D eigenvalue weighted by Crippen LogP contribution is 2.17. The number of likely N-dealkylation sites (N-methyl/N-ethyl adjacent to an activating group) is 1. The highest BCUT2D eigenvalue weighted by Gasteiger charge is 2.18. The van der Waals surface area contributed by atoms with Crippen LogP contribution >= 0.6 is 0 Å². The number of aryl methyl sites for hydroxylation is 1. The SMILES string of the molecule is Cc1cccnc1NC(=O)NCC(c1ccco1)N(C)C. The molecule has 0 saturated heterocycles. The van der Waals surface area contributed by atoms with Gasteiger partial charge in [0.2, 0.25) is 0 Å². The monoisotopic (exact) mass is 288 g/mol. The minimum absolute atomic E-state index is 0.0180. The largest absolute Gasteiger partial charge is 0.468 e. The first-order valence-corrected chi connectivity index (χ1v) is 6.74. The van der Waals surface area contributed by atoms with E-state index in [9.17, 15) is 4.79 Å². The van der Waals surface area contributed by atoms with Crippen molar-refractivity contribution < 1.29 is 9.21 Å². The smallest absolute Gasteiger partial charge is 0.320 e. The minimum Gasteiger partial charge on any atom is -0.468 e. The Labute approximate surface area is 124 Å². The molecule has 2 heterocycles. The first-order valence-electron chi connectivity index (χ1n) is 6.74. The number of urea groups is 1. The molecule has 6 nitrogen and oxygen atoms in total. The lowest BCUT2D eigenvalue weighted by Crippen LogP contribution is -2.37. The number of rotatable bonds is 5. The van der Waals surface area contributed by atoms with E-state index in [1.54, 1.807) is 12.5 Å². The van der Waals surface area contributed by atoms with Crippen LogP contribution in [0.2, 0.25) is 0 Å². The molecule has 0 spiro atoms. The van der Waals surface area contributed by atoms with Crippen LogP contribution in [-0.2, 0) is 0 Å². The van der Waals surface area contributed by atoms with Gasteiger partial charge in [-0.3, -0.25) is 10.2 Å². The van der Waals surface area contributed by atoms with Crippen molar-refractivity contribution in [1.82, 2.24) is 15.2 Å². The Hall–Kier alpha value is -2.34. The topological polar surface area (TPSA) is 70.4 Å². The predicted octanol–water partition coefficient (Wildman–Crippen LogP) is 2.41. The predicted molar refractivity (Wildman–Crippen MR) is 81.1 cm³/mol. The average molecular weight is 288 g/mol. The quantitative estimate of drug-likeness (QED) is 0.886. The molecule has 0 aliphatic heterocycles. The summed E-state index contributed by atoms with van der Waals surface area (Å²) in [6, 6.07) is 7.16. The molecule has 0 saturated carbocycles. The van der Waals surface area contributed by atoms with Crippen LogP contribution < -0.4 is 10.6 Å². The third kappa shape index (κ3) is 4.06. The molecule has 1 unspecified atom stereocenters. The summed E-state index contributed by atoms with van der Waals surface area (Å²) >= 11 is 0. The van der Waals surface area contributed by atoms with E-state index in [1.165, 1.54) is 0 Å². The van der Waals surface area contributed by atoms with Gasteiger partial charge in [-0.2, -0.15) is 0 Å². The van der Waals surface area contributed by atoms with E-state index < -0.39 is 0 Å². The second-order valence-corrected chi connectivity index (χ2v) is 5.00. The Morgan fingerprint density at radius 3 is 2.81 bits per heavy atom. The molecule has 0 aliphatic carbocycles. The summed E-state index contributed by atoms with van der Waals surface area (Å²) in [7, 11) is 3.88. The van der Waals surface area contributed by atoms with Crippen molar-refractivity contribution in [2.45, 2.75) is 13.0 Å². The number of furan rings is 1. The van der Waals surface area contributed by atoms with Gasteiger partial charge in [-0.25, -0.2) is 9.78 Å². The molecule has 2 N–H and O–H groups in total. The molecular weight excluding hydrogens is 268 g/mol. The Morgan fingerprint density at radius 2 is 2.19 bits per heavy atom. The molecule has 2 aromatic rings. The number of nitrogens with one attached hydrogen (secondary N) is 2. The number of hydrogen-bond donors (Lipinski definition) is 2. The first kappa shape index (κ1) is 15.1. The van der Waals surface area contributed by atoms with Crippen molar-refractivity contribution in [2.75, 3.05) is 26.0 Å². The molecule has 6 heteroatoms. The number of aromatic nitrogens is 1. The molecule has 2 amide bonds. The van der Waals surface area contributed by atoms with Crippen LogP contribution in [0.25, 0.3) is 0 Å². The molecule has 0 fully saturated rings. The zero-order valence-electron chi connectivity index (χ0n) is 12.5. The summed E-state index contributed by atoms with van der Waals surface area (Å²) in [4.78, 5) is 18.1. The van der Waals surface area contributed by atoms with Crippen LogP contribution in [0.5, 0.6) is 0 Å². The number of anilines is 1. The van der Waals surface area contributed by atoms with E-state index in [2.05, 4.69) is 15.6 Å². The zero-order chi connectivity index (χ0) is 15.2. The molecule has 0 radical (unpaired) electrons. The van der Waals surface area contributed by atoms with Crippen LogP contribution in [0.1, 0.15) is 17.4 Å². The molecule has 2 aromatic heterocycles. The molecule has 0 aliphatic rings. The van der Waals surface area contributed by atoms with Gasteiger partial charge in [-0.1, -0.05) is 6.07 Å². The summed E-state index contributed by atoms with van der Waals surface area (Å²) < 4.78 is 5.40. The lowest BCUT2D eigenvalue weighted by Gasteiger charge is -2.22. The highest BCUT2D eigenvalue weighted by molar-refractivity contribution is 5.88. The lowest BCUT2D eigenvalue weighted by molar-refractivity contribution is 0.233. The van der Waals surface area contributed by atoms with E-state index in [4.69, 9.17) is 4.42 Å². The molecule has 112 valence electrons. The van der Waals surface area contributed by atoms with Gasteiger partial charge in [0.15, 0.2) is 0 Å². The summed E-state index contributed by atoms with van der Waals surface area (Å²) in [5, 5.41) is 5.58. The fraction of sp³-hybridized carbons (Fsp3) is 0.333. The van der Waals surface area contributed by atoms with Gasteiger partial charge in [-0.05, 0) is 44.8 Å². The van der Waals surface area contributed by atoms with E-state index in [0.29, 0.717) is 12.4 Å². The highest BCUT2D eigenvalue weighted by atomic mass is 16.3. The molecule has 1 atom stereocenters. The third-order valence-corrected chi connectivity index (χ3v) is 3.19. The van der Waals surface area contributed by atoms with Crippen LogP contribution in [0.15, 0.2) is 41.1 Å². The fourth-order valence-corrected chi connectivity index (χ4v) is 1.98. The number of hydrogen-bond acceptors (Lipinski definition) is 4. The molecule has 0 aromatic carbocycles. The summed E-state index contributed by atoms with van der Waals surface area (Å²) in [6.45, 7) is 2.34. The Bertz CT molecular complexity index is 581. The van der Waals surface area contributed by atoms with Crippen molar-refractivity contribution in [2.24, 2.45) is 0 Å². The van der Waals surface area contributed by atoms with Gasteiger partial charge < -0.3 is 9.73 Å². The van der Waals surface area contributed by atoms with Gasteiger partial charge in [0, 0.05) is 12.7 Å². The number of pyridine rings is 1. The van der Waals surface area contributed by atoms with Gasteiger partial charge >= 0.3 is 6.03 Å². The second kappa shape index (κ2) is 6.90. The number of nitrogens with zero attached hydrogens (tertiary/aromatic N) is 2. The third-order valence-electron chi connectivity index (χ3n) is 3.19.